The fraction of sp³-hybridized carbons (Fsp3) is 0.0455. The molecule has 142 valence electrons. The first kappa shape index (κ1) is 18.6. The largest absolute Gasteiger partial charge is 0.341 e. The third-order valence-electron chi connectivity index (χ3n) is 4.41. The Balaban J connectivity index is 1.89. The maximum Gasteiger partial charge on any atom is 0.282 e. The first-order valence-corrected chi connectivity index (χ1v) is 10.3. The van der Waals surface area contributed by atoms with Gasteiger partial charge in [0.1, 0.15) is 11.7 Å². The second-order valence-corrected chi connectivity index (χ2v) is 7.94. The molecular formula is C22H16N4O2S. The predicted octanol–water partition coefficient (Wildman–Crippen LogP) is 4.05. The van der Waals surface area contributed by atoms with Gasteiger partial charge in [-0.3, -0.25) is 0 Å². The van der Waals surface area contributed by atoms with Crippen LogP contribution in [-0.4, -0.2) is 24.1 Å². The first-order valence-electron chi connectivity index (χ1n) is 8.88. The van der Waals surface area contributed by atoms with Crippen molar-refractivity contribution in [3.63, 3.8) is 0 Å². The molecule has 0 saturated heterocycles. The number of nitrogens with one attached hydrogen (secondary N) is 1. The Morgan fingerprint density at radius 2 is 1.55 bits per heavy atom. The summed E-state index contributed by atoms with van der Waals surface area (Å²) < 4.78 is 29.9. The number of hydrogen-bond donors (Lipinski definition) is 1. The van der Waals surface area contributed by atoms with Crippen LogP contribution in [0.15, 0.2) is 94.2 Å². The van der Waals surface area contributed by atoms with Crippen molar-refractivity contribution in [1.82, 2.24) is 9.97 Å². The van der Waals surface area contributed by atoms with Crippen molar-refractivity contribution in [2.24, 2.45) is 4.40 Å². The molecule has 0 aliphatic rings. The number of benzene rings is 3. The fourth-order valence-electron chi connectivity index (χ4n) is 3.02. The van der Waals surface area contributed by atoms with Gasteiger partial charge in [0.25, 0.3) is 10.0 Å². The number of nitrogens with zero attached hydrogens (tertiary/aromatic N) is 3. The average molecular weight is 400 g/mol. The molecule has 1 N–H and O–H groups in total. The van der Waals surface area contributed by atoms with Crippen molar-refractivity contribution >= 4 is 26.8 Å². The molecule has 1 heterocycles. The minimum atomic E-state index is -4.01. The summed E-state index contributed by atoms with van der Waals surface area (Å²) in [5.74, 6) is -0.636. The van der Waals surface area contributed by atoms with E-state index in [2.05, 4.69) is 20.4 Å². The van der Waals surface area contributed by atoms with Crippen molar-refractivity contribution in [3.8, 4) is 6.07 Å². The van der Waals surface area contributed by atoms with Gasteiger partial charge in [0, 0.05) is 0 Å². The number of H-pyrrole nitrogens is 1. The number of rotatable bonds is 5. The molecule has 0 saturated carbocycles. The standard InChI is InChI=1S/C22H16N4O2S/c23-15-18(22-24-19-13-7-8-14-20(19)25-22)21(16-9-3-1-4-10-16)26-29(27,28)17-11-5-2-6-12-17/h1-14,18H,(H,24,25). The summed E-state index contributed by atoms with van der Waals surface area (Å²) in [6, 6.07) is 26.3. The van der Waals surface area contributed by atoms with E-state index in [0.717, 1.165) is 5.52 Å². The molecule has 0 bridgehead atoms. The van der Waals surface area contributed by atoms with E-state index in [0.29, 0.717) is 16.9 Å². The van der Waals surface area contributed by atoms with Gasteiger partial charge < -0.3 is 4.98 Å². The number of sulfonamides is 1. The quantitative estimate of drug-likeness (QED) is 0.511. The molecule has 0 amide bonds. The highest BCUT2D eigenvalue weighted by atomic mass is 32.2. The maximum atomic E-state index is 12.9. The molecular weight excluding hydrogens is 384 g/mol. The maximum absolute atomic E-state index is 12.9. The SMILES string of the molecule is N#CC(C(=NS(=O)(=O)c1ccccc1)c1ccccc1)c1nc2ccccc2[nH]1. The average Bonchev–Trinajstić information content (AvgIpc) is 3.18. The summed E-state index contributed by atoms with van der Waals surface area (Å²) in [5, 5.41) is 9.92. The lowest BCUT2D eigenvalue weighted by Gasteiger charge is -2.11. The molecule has 1 atom stereocenters. The highest BCUT2D eigenvalue weighted by Crippen LogP contribution is 2.24. The summed E-state index contributed by atoms with van der Waals surface area (Å²) in [6.07, 6.45) is 0. The van der Waals surface area contributed by atoms with E-state index >= 15 is 0 Å². The molecule has 0 aliphatic heterocycles. The Bertz CT molecular complexity index is 1290. The smallest absolute Gasteiger partial charge is 0.282 e. The number of para-hydroxylation sites is 2. The molecule has 3 aromatic carbocycles. The van der Waals surface area contributed by atoms with E-state index < -0.39 is 15.9 Å². The van der Waals surface area contributed by atoms with Crippen LogP contribution in [0.25, 0.3) is 11.0 Å². The fourth-order valence-corrected chi connectivity index (χ4v) is 4.09. The number of imidazole rings is 1. The van der Waals surface area contributed by atoms with Gasteiger partial charge in [0.15, 0.2) is 0 Å². The van der Waals surface area contributed by atoms with Crippen LogP contribution in [0.3, 0.4) is 0 Å². The van der Waals surface area contributed by atoms with E-state index in [1.165, 1.54) is 12.1 Å². The van der Waals surface area contributed by atoms with Crippen LogP contribution in [0, 0.1) is 11.3 Å². The summed E-state index contributed by atoms with van der Waals surface area (Å²) in [7, 11) is -4.01. The Kier molecular flexibility index (Phi) is 4.94. The topological polar surface area (TPSA) is 99.0 Å². The Morgan fingerprint density at radius 3 is 2.21 bits per heavy atom. The molecule has 0 spiro atoms. The van der Waals surface area contributed by atoms with Gasteiger partial charge in [-0.05, 0) is 29.8 Å². The lowest BCUT2D eigenvalue weighted by atomic mass is 9.97. The number of hydrogen-bond acceptors (Lipinski definition) is 4. The Labute approximate surface area is 168 Å². The minimum Gasteiger partial charge on any atom is -0.341 e. The monoisotopic (exact) mass is 400 g/mol. The van der Waals surface area contributed by atoms with Gasteiger partial charge in [-0.15, -0.1) is 0 Å². The van der Waals surface area contributed by atoms with E-state index in [1.807, 2.05) is 30.3 Å². The van der Waals surface area contributed by atoms with Crippen molar-refractivity contribution in [1.29, 1.82) is 5.26 Å². The Hall–Kier alpha value is -3.76. The number of aromatic nitrogens is 2. The van der Waals surface area contributed by atoms with E-state index in [-0.39, 0.29) is 10.6 Å². The van der Waals surface area contributed by atoms with Crippen LogP contribution >= 0.6 is 0 Å². The van der Waals surface area contributed by atoms with Crippen LogP contribution in [0.2, 0.25) is 0 Å². The number of aromatic amines is 1. The van der Waals surface area contributed by atoms with Gasteiger partial charge in [-0.25, -0.2) is 4.98 Å². The zero-order chi connectivity index (χ0) is 20.3. The summed E-state index contributed by atoms with van der Waals surface area (Å²) in [6.45, 7) is 0. The summed E-state index contributed by atoms with van der Waals surface area (Å²) >= 11 is 0. The first-order chi connectivity index (χ1) is 14.1. The van der Waals surface area contributed by atoms with E-state index in [1.54, 1.807) is 42.5 Å². The molecule has 7 heteroatoms. The van der Waals surface area contributed by atoms with Gasteiger partial charge >= 0.3 is 0 Å². The molecule has 0 aliphatic carbocycles. The highest BCUT2D eigenvalue weighted by molar-refractivity contribution is 7.90. The molecule has 6 nitrogen and oxygen atoms in total. The molecule has 4 aromatic rings. The second kappa shape index (κ2) is 7.70. The molecule has 4 rings (SSSR count). The molecule has 1 unspecified atom stereocenters. The molecule has 0 fully saturated rings. The third kappa shape index (κ3) is 3.79. The number of nitriles is 1. The van der Waals surface area contributed by atoms with Gasteiger partial charge in [0.05, 0.1) is 27.7 Å². The normalized spacial score (nSPS) is 13.1. The van der Waals surface area contributed by atoms with Crippen LogP contribution in [0.4, 0.5) is 0 Å². The van der Waals surface area contributed by atoms with Crippen molar-refractivity contribution in [2.75, 3.05) is 0 Å². The van der Waals surface area contributed by atoms with Gasteiger partial charge in [-0.1, -0.05) is 60.7 Å². The Morgan fingerprint density at radius 1 is 0.931 bits per heavy atom. The summed E-state index contributed by atoms with van der Waals surface area (Å²) in [5.41, 5.74) is 2.12. The molecule has 1 aromatic heterocycles. The van der Waals surface area contributed by atoms with Gasteiger partial charge in [0.2, 0.25) is 0 Å². The van der Waals surface area contributed by atoms with Crippen molar-refractivity contribution in [3.05, 3.63) is 96.3 Å². The number of fused-ring (bicyclic) bond motifs is 1. The van der Waals surface area contributed by atoms with Crippen LogP contribution in [-0.2, 0) is 10.0 Å². The third-order valence-corrected chi connectivity index (χ3v) is 5.72. The van der Waals surface area contributed by atoms with E-state index in [4.69, 9.17) is 0 Å². The van der Waals surface area contributed by atoms with E-state index in [9.17, 15) is 13.7 Å². The second-order valence-electron chi connectivity index (χ2n) is 6.33. The van der Waals surface area contributed by atoms with Crippen LogP contribution in [0.5, 0.6) is 0 Å². The lowest BCUT2D eigenvalue weighted by Crippen LogP contribution is -2.16. The van der Waals surface area contributed by atoms with Crippen molar-refractivity contribution in [2.45, 2.75) is 10.8 Å². The van der Waals surface area contributed by atoms with Crippen LogP contribution < -0.4 is 0 Å². The molecule has 29 heavy (non-hydrogen) atoms. The predicted molar refractivity (Wildman–Crippen MR) is 111 cm³/mol. The summed E-state index contributed by atoms with van der Waals surface area (Å²) in [4.78, 5) is 7.66. The highest BCUT2D eigenvalue weighted by Gasteiger charge is 2.26. The zero-order valence-corrected chi connectivity index (χ0v) is 16.0. The van der Waals surface area contributed by atoms with Crippen LogP contribution in [0.1, 0.15) is 17.3 Å². The lowest BCUT2D eigenvalue weighted by molar-refractivity contribution is 0.598. The van der Waals surface area contributed by atoms with Gasteiger partial charge in [-0.2, -0.15) is 18.1 Å². The minimum absolute atomic E-state index is 0.0646. The zero-order valence-electron chi connectivity index (χ0n) is 15.2. The molecule has 0 radical (unpaired) electrons. The van der Waals surface area contributed by atoms with Crippen molar-refractivity contribution < 1.29 is 8.42 Å².